The number of nitrogens with two attached hydrogens (primary N) is 1. The Labute approximate surface area is 155 Å². The Balaban J connectivity index is 1.79. The molecule has 0 bridgehead atoms. The Bertz CT molecular complexity index is 820. The predicted molar refractivity (Wildman–Crippen MR) is 91.1 cm³/mol. The third kappa shape index (κ3) is 2.14. The first-order chi connectivity index (χ1) is 12.8. The van der Waals surface area contributed by atoms with Gasteiger partial charge in [-0.25, -0.2) is 4.79 Å². The Morgan fingerprint density at radius 2 is 2.15 bits per heavy atom. The molecular weight excluding hydrogens is 356 g/mol. The zero-order valence-electron chi connectivity index (χ0n) is 15.3. The molecule has 4 N–H and O–H groups in total. The molecule has 1 aliphatic carbocycles. The van der Waals surface area contributed by atoms with Gasteiger partial charge in [-0.05, 0) is 6.92 Å². The molecule has 3 heterocycles. The van der Waals surface area contributed by atoms with Gasteiger partial charge in [0.2, 0.25) is 11.6 Å². The van der Waals surface area contributed by atoms with Crippen molar-refractivity contribution in [1.82, 2.24) is 15.1 Å². The van der Waals surface area contributed by atoms with Crippen LogP contribution in [0.1, 0.15) is 6.92 Å². The van der Waals surface area contributed by atoms with E-state index in [9.17, 15) is 14.4 Å². The lowest BCUT2D eigenvalue weighted by molar-refractivity contribution is -0.153. The number of amides is 1. The van der Waals surface area contributed by atoms with E-state index < -0.39 is 23.7 Å². The number of carbonyl (C=O) groups is 3. The number of hydrogen-bond acceptors (Lipinski definition) is 9. The summed E-state index contributed by atoms with van der Waals surface area (Å²) in [4.78, 5) is 41.2. The number of carbonyl (C=O) groups excluding carboxylic acids is 3. The Morgan fingerprint density at radius 3 is 2.78 bits per heavy atom. The second-order valence-corrected chi connectivity index (χ2v) is 7.19. The topological polar surface area (TPSA) is 144 Å². The normalized spacial score (nSPS) is 33.9. The third-order valence-corrected chi connectivity index (χ3v) is 5.84. The van der Waals surface area contributed by atoms with Gasteiger partial charge in [-0.3, -0.25) is 9.59 Å². The zero-order chi connectivity index (χ0) is 19.7. The second-order valence-electron chi connectivity index (χ2n) is 7.19. The van der Waals surface area contributed by atoms with Crippen LogP contribution in [-0.4, -0.2) is 90.3 Å². The SMILES string of the molecule is COC12C(OC(=O)N(C)CCO)C3=C(C(=O)C(C)=C(N)C3=O)N1CC1NC12. The fraction of sp³-hybridized carbons (Fsp3) is 0.588. The van der Waals surface area contributed by atoms with E-state index >= 15 is 0 Å². The number of allylic oxidation sites excluding steroid dienone is 2. The van der Waals surface area contributed by atoms with E-state index in [0.29, 0.717) is 6.54 Å². The molecule has 4 atom stereocenters. The lowest BCUT2D eigenvalue weighted by Gasteiger charge is -2.39. The van der Waals surface area contributed by atoms with Crippen LogP contribution < -0.4 is 11.1 Å². The van der Waals surface area contributed by atoms with Crippen LogP contribution in [0.3, 0.4) is 0 Å². The summed E-state index contributed by atoms with van der Waals surface area (Å²) in [7, 11) is 2.93. The predicted octanol–water partition coefficient (Wildman–Crippen LogP) is -1.93. The minimum absolute atomic E-state index is 0.0582. The first-order valence-corrected chi connectivity index (χ1v) is 8.70. The van der Waals surface area contributed by atoms with Crippen molar-refractivity contribution in [3.05, 3.63) is 22.5 Å². The maximum Gasteiger partial charge on any atom is 0.410 e. The van der Waals surface area contributed by atoms with Gasteiger partial charge in [0, 0.05) is 38.9 Å². The summed E-state index contributed by atoms with van der Waals surface area (Å²) in [5.74, 6) is -0.875. The van der Waals surface area contributed by atoms with Crippen molar-refractivity contribution in [2.45, 2.75) is 30.8 Å². The minimum Gasteiger partial charge on any atom is -0.436 e. The van der Waals surface area contributed by atoms with Crippen molar-refractivity contribution < 1.29 is 29.0 Å². The maximum absolute atomic E-state index is 12.9. The van der Waals surface area contributed by atoms with E-state index in [1.807, 2.05) is 0 Å². The van der Waals surface area contributed by atoms with Crippen LogP contribution in [0.5, 0.6) is 0 Å². The average Bonchev–Trinajstić information content (AvgIpc) is 3.26. The van der Waals surface area contributed by atoms with Gasteiger partial charge in [-0.15, -0.1) is 0 Å². The van der Waals surface area contributed by atoms with E-state index in [1.165, 1.54) is 26.0 Å². The number of aliphatic hydroxyl groups excluding tert-OH is 1. The molecule has 0 aromatic heterocycles. The highest BCUT2D eigenvalue weighted by molar-refractivity contribution is 6.25. The highest BCUT2D eigenvalue weighted by Gasteiger charge is 2.74. The number of fused-ring (bicyclic) bond motifs is 4. The summed E-state index contributed by atoms with van der Waals surface area (Å²) in [5, 5.41) is 12.3. The molecular formula is C17H22N4O6. The lowest BCUT2D eigenvalue weighted by atomic mass is 9.88. The number of ether oxygens (including phenoxy) is 2. The van der Waals surface area contributed by atoms with Gasteiger partial charge in [0.1, 0.15) is 0 Å². The molecule has 27 heavy (non-hydrogen) atoms. The van der Waals surface area contributed by atoms with Gasteiger partial charge < -0.3 is 35.4 Å². The van der Waals surface area contributed by atoms with Gasteiger partial charge in [-0.1, -0.05) is 0 Å². The summed E-state index contributed by atoms with van der Waals surface area (Å²) < 4.78 is 11.5. The van der Waals surface area contributed by atoms with Gasteiger partial charge >= 0.3 is 6.09 Å². The second kappa shape index (κ2) is 5.78. The number of likely N-dealkylation sites (N-methyl/N-ethyl adjacent to an activating group) is 1. The molecule has 0 aromatic carbocycles. The summed E-state index contributed by atoms with van der Waals surface area (Å²) in [6, 6.07) is -0.0991. The molecule has 1 amide bonds. The van der Waals surface area contributed by atoms with Crippen molar-refractivity contribution in [3.8, 4) is 0 Å². The molecule has 3 aliphatic heterocycles. The van der Waals surface area contributed by atoms with Gasteiger partial charge in [0.05, 0.1) is 29.6 Å². The quantitative estimate of drug-likeness (QED) is 0.376. The van der Waals surface area contributed by atoms with Crippen molar-refractivity contribution in [2.75, 3.05) is 33.9 Å². The van der Waals surface area contributed by atoms with Crippen molar-refractivity contribution >= 4 is 17.7 Å². The molecule has 4 unspecified atom stereocenters. The number of piperazine rings is 1. The van der Waals surface area contributed by atoms with Crippen molar-refractivity contribution in [1.29, 1.82) is 0 Å². The van der Waals surface area contributed by atoms with Gasteiger partial charge in [0.15, 0.2) is 11.8 Å². The first-order valence-electron chi connectivity index (χ1n) is 8.70. The molecule has 0 radical (unpaired) electrons. The van der Waals surface area contributed by atoms with Crippen molar-refractivity contribution in [2.24, 2.45) is 5.73 Å². The fourth-order valence-corrected chi connectivity index (χ4v) is 4.30. The fourth-order valence-electron chi connectivity index (χ4n) is 4.30. The number of nitrogens with zero attached hydrogens (tertiary/aromatic N) is 2. The maximum atomic E-state index is 12.9. The summed E-state index contributed by atoms with van der Waals surface area (Å²) in [5.41, 5.74) is 4.98. The highest BCUT2D eigenvalue weighted by Crippen LogP contribution is 2.53. The number of methoxy groups -OCH3 is 1. The molecule has 4 rings (SSSR count). The molecule has 4 aliphatic rings. The summed E-state index contributed by atoms with van der Waals surface area (Å²) >= 11 is 0. The molecule has 0 aromatic rings. The van der Waals surface area contributed by atoms with Gasteiger partial charge in [-0.2, -0.15) is 0 Å². The van der Waals surface area contributed by atoms with E-state index in [1.54, 1.807) is 4.90 Å². The van der Waals surface area contributed by atoms with Crippen molar-refractivity contribution in [3.63, 3.8) is 0 Å². The molecule has 10 heteroatoms. The van der Waals surface area contributed by atoms with Crippen LogP contribution in [-0.2, 0) is 19.1 Å². The lowest BCUT2D eigenvalue weighted by Crippen LogP contribution is -2.58. The Morgan fingerprint density at radius 1 is 1.44 bits per heavy atom. The first kappa shape index (κ1) is 18.0. The number of nitrogens with one attached hydrogen (secondary N) is 1. The highest BCUT2D eigenvalue weighted by atomic mass is 16.6. The molecule has 0 spiro atoms. The van der Waals surface area contributed by atoms with Crippen LogP contribution in [0, 0.1) is 0 Å². The number of Topliss-reactive ketones (excluding diaryl/α,β-unsaturated/α-hetero) is 2. The smallest absolute Gasteiger partial charge is 0.410 e. The van der Waals surface area contributed by atoms with Crippen LogP contribution in [0.2, 0.25) is 0 Å². The van der Waals surface area contributed by atoms with E-state index in [4.69, 9.17) is 20.3 Å². The summed E-state index contributed by atoms with van der Waals surface area (Å²) in [6.45, 7) is 1.81. The van der Waals surface area contributed by atoms with Crippen LogP contribution in [0.25, 0.3) is 0 Å². The molecule has 146 valence electrons. The number of hydrogen-bond donors (Lipinski definition) is 3. The van der Waals surface area contributed by atoms with E-state index in [0.717, 1.165) is 0 Å². The Hall–Kier alpha value is -2.43. The molecule has 2 fully saturated rings. The number of aliphatic hydroxyl groups is 1. The van der Waals surface area contributed by atoms with Crippen LogP contribution >= 0.6 is 0 Å². The van der Waals surface area contributed by atoms with Crippen LogP contribution in [0.4, 0.5) is 4.79 Å². The monoisotopic (exact) mass is 378 g/mol. The van der Waals surface area contributed by atoms with Gasteiger partial charge in [0.25, 0.3) is 0 Å². The standard InChI is InChI=1S/C17H22N4O6/c1-7-10(18)13(24)9-11(12(7)23)21-6-8-14(19-8)17(21,26-3)15(9)27-16(25)20(2)4-5-22/h8,14-15,19,22H,4-6,18H2,1-3H3. The Kier molecular flexibility index (Phi) is 3.85. The molecule has 0 saturated carbocycles. The minimum atomic E-state index is -1.18. The van der Waals surface area contributed by atoms with E-state index in [-0.39, 0.29) is 53.6 Å². The number of rotatable bonds is 4. The summed E-state index contributed by atoms with van der Waals surface area (Å²) in [6.07, 6.45) is -1.84. The number of ketones is 2. The largest absolute Gasteiger partial charge is 0.436 e. The average molecular weight is 378 g/mol. The van der Waals surface area contributed by atoms with E-state index in [2.05, 4.69) is 5.32 Å². The molecule has 2 saturated heterocycles. The van der Waals surface area contributed by atoms with Crippen LogP contribution in [0.15, 0.2) is 22.5 Å². The zero-order valence-corrected chi connectivity index (χ0v) is 15.3. The third-order valence-electron chi connectivity index (χ3n) is 5.84. The molecule has 10 nitrogen and oxygen atoms in total.